The molecule has 0 aliphatic heterocycles. The van der Waals surface area contributed by atoms with Gasteiger partial charge >= 0.3 is 0 Å². The minimum absolute atomic E-state index is 0.00781. The van der Waals surface area contributed by atoms with Crippen molar-refractivity contribution in [2.45, 2.75) is 77.4 Å². The summed E-state index contributed by atoms with van der Waals surface area (Å²) in [7, 11) is 0. The fourth-order valence-corrected chi connectivity index (χ4v) is 2.54. The van der Waals surface area contributed by atoms with Gasteiger partial charge in [0.2, 0.25) is 5.91 Å². The minimum atomic E-state index is -0.252. The zero-order chi connectivity index (χ0) is 14.5. The first-order valence-corrected chi connectivity index (χ1v) is 7.31. The number of nitriles is 1. The van der Waals surface area contributed by atoms with Crippen molar-refractivity contribution < 1.29 is 4.79 Å². The summed E-state index contributed by atoms with van der Waals surface area (Å²) in [6.45, 7) is 7.80. The first kappa shape index (κ1) is 16.0. The summed E-state index contributed by atoms with van der Waals surface area (Å²) in [5, 5.41) is 15.6. The molecule has 0 radical (unpaired) electrons. The number of carbonyl (C=O) groups excluding carboxylic acids is 1. The van der Waals surface area contributed by atoms with Crippen molar-refractivity contribution in [3.63, 3.8) is 0 Å². The molecule has 2 N–H and O–H groups in total. The van der Waals surface area contributed by atoms with Gasteiger partial charge in [0.1, 0.15) is 0 Å². The highest BCUT2D eigenvalue weighted by atomic mass is 16.2. The largest absolute Gasteiger partial charge is 0.350 e. The molecule has 1 rings (SSSR count). The second-order valence-electron chi connectivity index (χ2n) is 6.61. The standard InChI is InChI=1S/C15H27N3O/c1-11(14(19)18-15(2,3)4)17-13-9-7-5-6-8-12(13)10-16/h11-13,17H,5-9H2,1-4H3,(H,18,19). The van der Waals surface area contributed by atoms with Crippen molar-refractivity contribution >= 4 is 5.91 Å². The molecule has 0 bridgehead atoms. The van der Waals surface area contributed by atoms with E-state index in [2.05, 4.69) is 16.7 Å². The molecule has 3 unspecified atom stereocenters. The first-order valence-electron chi connectivity index (χ1n) is 7.31. The fraction of sp³-hybridized carbons (Fsp3) is 0.867. The lowest BCUT2D eigenvalue weighted by molar-refractivity contribution is -0.124. The second kappa shape index (κ2) is 6.91. The summed E-state index contributed by atoms with van der Waals surface area (Å²) >= 11 is 0. The molecule has 1 amide bonds. The summed E-state index contributed by atoms with van der Waals surface area (Å²) in [6.07, 6.45) is 5.40. The van der Waals surface area contributed by atoms with Crippen LogP contribution in [0.15, 0.2) is 0 Å². The predicted molar refractivity (Wildman–Crippen MR) is 76.5 cm³/mol. The average Bonchev–Trinajstić information content (AvgIpc) is 2.51. The molecule has 1 aliphatic carbocycles. The molecule has 3 atom stereocenters. The quantitative estimate of drug-likeness (QED) is 0.770. The molecule has 1 aliphatic rings. The lowest BCUT2D eigenvalue weighted by atomic mass is 9.95. The highest BCUT2D eigenvalue weighted by molar-refractivity contribution is 5.81. The molecular formula is C15H27N3O. The zero-order valence-corrected chi connectivity index (χ0v) is 12.6. The normalized spacial score (nSPS) is 26.1. The number of rotatable bonds is 3. The van der Waals surface area contributed by atoms with Gasteiger partial charge in [-0.05, 0) is 40.5 Å². The Kier molecular flexibility index (Phi) is 5.81. The highest BCUT2D eigenvalue weighted by Gasteiger charge is 2.27. The van der Waals surface area contributed by atoms with Gasteiger partial charge in [0.05, 0.1) is 18.0 Å². The Labute approximate surface area is 116 Å². The van der Waals surface area contributed by atoms with Gasteiger partial charge in [-0.15, -0.1) is 0 Å². The summed E-state index contributed by atoms with van der Waals surface area (Å²) in [5.74, 6) is 0.0424. The van der Waals surface area contributed by atoms with Crippen LogP contribution >= 0.6 is 0 Å². The lowest BCUT2D eigenvalue weighted by Gasteiger charge is -2.28. The Hall–Kier alpha value is -1.08. The van der Waals surface area contributed by atoms with Gasteiger partial charge in [-0.1, -0.05) is 19.3 Å². The van der Waals surface area contributed by atoms with Crippen LogP contribution in [-0.4, -0.2) is 23.5 Å². The van der Waals surface area contributed by atoms with E-state index in [1.54, 1.807) is 0 Å². The molecule has 108 valence electrons. The summed E-state index contributed by atoms with van der Waals surface area (Å²) < 4.78 is 0. The first-order chi connectivity index (χ1) is 8.83. The summed E-state index contributed by atoms with van der Waals surface area (Å²) in [5.41, 5.74) is -0.217. The summed E-state index contributed by atoms with van der Waals surface area (Å²) in [4.78, 5) is 12.1. The number of amides is 1. The van der Waals surface area contributed by atoms with E-state index in [4.69, 9.17) is 0 Å². The SMILES string of the molecule is CC(NC1CCCCCC1C#N)C(=O)NC(C)(C)C. The fourth-order valence-electron chi connectivity index (χ4n) is 2.54. The van der Waals surface area contributed by atoms with Crippen LogP contribution < -0.4 is 10.6 Å². The van der Waals surface area contributed by atoms with Crippen LogP contribution in [0.25, 0.3) is 0 Å². The van der Waals surface area contributed by atoms with E-state index in [0.717, 1.165) is 25.7 Å². The number of carbonyl (C=O) groups is 1. The Balaban J connectivity index is 2.56. The van der Waals surface area contributed by atoms with Crippen molar-refractivity contribution in [2.75, 3.05) is 0 Å². The average molecular weight is 265 g/mol. The third kappa shape index (κ3) is 5.61. The van der Waals surface area contributed by atoms with E-state index in [-0.39, 0.29) is 29.4 Å². The van der Waals surface area contributed by atoms with Crippen molar-refractivity contribution in [2.24, 2.45) is 5.92 Å². The molecule has 4 heteroatoms. The van der Waals surface area contributed by atoms with Gasteiger partial charge in [0.15, 0.2) is 0 Å². The van der Waals surface area contributed by atoms with Crippen LogP contribution in [0.2, 0.25) is 0 Å². The molecular weight excluding hydrogens is 238 g/mol. The smallest absolute Gasteiger partial charge is 0.237 e. The number of hydrogen-bond donors (Lipinski definition) is 2. The van der Waals surface area contributed by atoms with Crippen molar-refractivity contribution in [1.82, 2.24) is 10.6 Å². The van der Waals surface area contributed by atoms with Crippen LogP contribution in [0, 0.1) is 17.2 Å². The Morgan fingerprint density at radius 3 is 2.47 bits per heavy atom. The van der Waals surface area contributed by atoms with Gasteiger partial charge in [0, 0.05) is 11.6 Å². The van der Waals surface area contributed by atoms with Gasteiger partial charge in [0.25, 0.3) is 0 Å². The van der Waals surface area contributed by atoms with E-state index in [1.807, 2.05) is 27.7 Å². The van der Waals surface area contributed by atoms with Gasteiger partial charge in [-0.2, -0.15) is 5.26 Å². The highest BCUT2D eigenvalue weighted by Crippen LogP contribution is 2.23. The topological polar surface area (TPSA) is 64.9 Å². The number of hydrogen-bond acceptors (Lipinski definition) is 3. The number of nitrogens with zero attached hydrogens (tertiary/aromatic N) is 1. The van der Waals surface area contributed by atoms with Crippen LogP contribution in [0.4, 0.5) is 0 Å². The van der Waals surface area contributed by atoms with Gasteiger partial charge in [-0.3, -0.25) is 4.79 Å². The van der Waals surface area contributed by atoms with Gasteiger partial charge < -0.3 is 10.6 Å². The van der Waals surface area contributed by atoms with Crippen molar-refractivity contribution in [1.29, 1.82) is 5.26 Å². The minimum Gasteiger partial charge on any atom is -0.350 e. The van der Waals surface area contributed by atoms with Crippen LogP contribution in [-0.2, 0) is 4.79 Å². The monoisotopic (exact) mass is 265 g/mol. The lowest BCUT2D eigenvalue weighted by Crippen LogP contribution is -2.52. The number of nitrogens with one attached hydrogen (secondary N) is 2. The molecule has 19 heavy (non-hydrogen) atoms. The van der Waals surface area contributed by atoms with E-state index in [1.165, 1.54) is 6.42 Å². The van der Waals surface area contributed by atoms with Crippen molar-refractivity contribution in [3.8, 4) is 6.07 Å². The van der Waals surface area contributed by atoms with Crippen LogP contribution in [0.3, 0.4) is 0 Å². The van der Waals surface area contributed by atoms with Crippen molar-refractivity contribution in [3.05, 3.63) is 0 Å². The molecule has 4 nitrogen and oxygen atoms in total. The van der Waals surface area contributed by atoms with Gasteiger partial charge in [-0.25, -0.2) is 0 Å². The van der Waals surface area contributed by atoms with Crippen LogP contribution in [0.5, 0.6) is 0 Å². The second-order valence-corrected chi connectivity index (χ2v) is 6.61. The Morgan fingerprint density at radius 1 is 1.26 bits per heavy atom. The zero-order valence-electron chi connectivity index (χ0n) is 12.6. The summed E-state index contributed by atoms with van der Waals surface area (Å²) in [6, 6.07) is 2.29. The molecule has 0 heterocycles. The third-order valence-electron chi connectivity index (χ3n) is 3.54. The van der Waals surface area contributed by atoms with E-state index < -0.39 is 0 Å². The third-order valence-corrected chi connectivity index (χ3v) is 3.54. The molecule has 1 saturated carbocycles. The molecule has 0 spiro atoms. The van der Waals surface area contributed by atoms with E-state index >= 15 is 0 Å². The molecule has 0 aromatic heterocycles. The molecule has 0 saturated heterocycles. The Morgan fingerprint density at radius 2 is 1.89 bits per heavy atom. The maximum absolute atomic E-state index is 12.1. The molecule has 0 aromatic rings. The molecule has 1 fully saturated rings. The predicted octanol–water partition coefficient (Wildman–Crippen LogP) is 2.35. The molecule has 0 aromatic carbocycles. The Bertz CT molecular complexity index is 340. The van der Waals surface area contributed by atoms with Crippen LogP contribution in [0.1, 0.15) is 59.8 Å². The maximum atomic E-state index is 12.1. The van der Waals surface area contributed by atoms with E-state index in [0.29, 0.717) is 0 Å². The van der Waals surface area contributed by atoms with E-state index in [9.17, 15) is 10.1 Å². The maximum Gasteiger partial charge on any atom is 0.237 e.